The summed E-state index contributed by atoms with van der Waals surface area (Å²) in [5, 5.41) is 17.3. The van der Waals surface area contributed by atoms with Crippen LogP contribution < -0.4 is 10.9 Å². The van der Waals surface area contributed by atoms with E-state index in [-0.39, 0.29) is 51.0 Å². The molecule has 0 saturated carbocycles. The fraction of sp³-hybridized carbons (Fsp3) is 0.353. The van der Waals surface area contributed by atoms with E-state index in [1.165, 1.54) is 23.0 Å². The van der Waals surface area contributed by atoms with Crippen molar-refractivity contribution in [2.45, 2.75) is 64.8 Å². The topological polar surface area (TPSA) is 160 Å². The van der Waals surface area contributed by atoms with Crippen molar-refractivity contribution in [1.82, 2.24) is 39.0 Å². The standard InChI is InChI=1S/C34H32Cl2FN9O4/c1-16-13-34(7-9-44(10-8-34)32(50)27-29(48)19(4)38-15-39-27)24-28(16)45(14-23(47)41-22-6-5-21(35)26(37)25(22)36)33-42-30(43-46(33)31(24)49)20-11-17(2)40-18(3)12-20/h5-6,11-12,15-16,48H,7-10,13-14H2,1-4H3,(H,41,47). The maximum atomic E-state index is 14.5. The quantitative estimate of drug-likeness (QED) is 0.235. The number of pyridine rings is 1. The second-order valence-corrected chi connectivity index (χ2v) is 13.8. The van der Waals surface area contributed by atoms with Crippen molar-refractivity contribution in [3.8, 4) is 17.1 Å². The van der Waals surface area contributed by atoms with E-state index in [1.807, 2.05) is 32.9 Å². The van der Waals surface area contributed by atoms with Gasteiger partial charge in [0.05, 0.1) is 16.4 Å². The number of anilines is 1. The number of benzene rings is 1. The first-order valence-corrected chi connectivity index (χ1v) is 16.8. The highest BCUT2D eigenvalue weighted by Crippen LogP contribution is 2.50. The third-order valence-electron chi connectivity index (χ3n) is 9.64. The van der Waals surface area contributed by atoms with E-state index in [0.717, 1.165) is 11.4 Å². The summed E-state index contributed by atoms with van der Waals surface area (Å²) in [6.45, 7) is 7.63. The molecule has 1 aromatic carbocycles. The minimum absolute atomic E-state index is 0.0450. The molecule has 1 atom stereocenters. The number of fused-ring (bicyclic) bond motifs is 3. The van der Waals surface area contributed by atoms with Crippen LogP contribution in [0.15, 0.2) is 35.4 Å². The Hall–Kier alpha value is -4.95. The molecule has 2 aliphatic rings. The van der Waals surface area contributed by atoms with Crippen molar-refractivity contribution >= 4 is 46.5 Å². The number of rotatable bonds is 5. The summed E-state index contributed by atoms with van der Waals surface area (Å²) in [6.07, 6.45) is 2.75. The summed E-state index contributed by atoms with van der Waals surface area (Å²) in [6, 6.07) is 6.35. The van der Waals surface area contributed by atoms with Gasteiger partial charge in [-0.1, -0.05) is 30.1 Å². The van der Waals surface area contributed by atoms with Gasteiger partial charge in [-0.2, -0.15) is 9.50 Å². The van der Waals surface area contributed by atoms with Crippen molar-refractivity contribution in [2.75, 3.05) is 18.4 Å². The van der Waals surface area contributed by atoms with Gasteiger partial charge in [-0.25, -0.2) is 14.4 Å². The van der Waals surface area contributed by atoms with E-state index in [1.54, 1.807) is 16.4 Å². The number of hydrogen-bond donors (Lipinski definition) is 2. The van der Waals surface area contributed by atoms with E-state index < -0.39 is 23.0 Å². The first kappa shape index (κ1) is 33.5. The molecule has 0 radical (unpaired) electrons. The molecule has 258 valence electrons. The molecule has 1 aliphatic heterocycles. The number of aryl methyl sites for hydroxylation is 3. The van der Waals surface area contributed by atoms with Crippen LogP contribution >= 0.6 is 23.2 Å². The van der Waals surface area contributed by atoms with Gasteiger partial charge in [0, 0.05) is 46.7 Å². The molecule has 4 aromatic heterocycles. The number of piperidine rings is 1. The highest BCUT2D eigenvalue weighted by Gasteiger charge is 2.49. The summed E-state index contributed by atoms with van der Waals surface area (Å²) in [5.74, 6) is -1.77. The molecule has 5 aromatic rings. The van der Waals surface area contributed by atoms with Gasteiger partial charge < -0.3 is 19.9 Å². The molecule has 1 aliphatic carbocycles. The molecule has 50 heavy (non-hydrogen) atoms. The maximum absolute atomic E-state index is 14.5. The minimum atomic E-state index is -0.853. The van der Waals surface area contributed by atoms with Crippen molar-refractivity contribution < 1.29 is 19.1 Å². The molecule has 1 unspecified atom stereocenters. The number of aromatic nitrogens is 7. The summed E-state index contributed by atoms with van der Waals surface area (Å²) >= 11 is 12.0. The number of amides is 2. The van der Waals surface area contributed by atoms with Crippen molar-refractivity contribution in [3.05, 3.63) is 90.8 Å². The maximum Gasteiger partial charge on any atom is 0.279 e. The Morgan fingerprint density at radius 2 is 1.78 bits per heavy atom. The number of halogens is 3. The van der Waals surface area contributed by atoms with Crippen LogP contribution in [0.5, 0.6) is 5.75 Å². The Labute approximate surface area is 295 Å². The monoisotopic (exact) mass is 719 g/mol. The van der Waals surface area contributed by atoms with Gasteiger partial charge in [0.2, 0.25) is 11.7 Å². The predicted molar refractivity (Wildman–Crippen MR) is 183 cm³/mol. The van der Waals surface area contributed by atoms with Crippen LogP contribution in [0.3, 0.4) is 0 Å². The normalized spacial score (nSPS) is 16.6. The first-order chi connectivity index (χ1) is 23.8. The Morgan fingerprint density at radius 3 is 2.48 bits per heavy atom. The third-order valence-corrected chi connectivity index (χ3v) is 10.3. The molecule has 1 saturated heterocycles. The average molecular weight is 721 g/mol. The third kappa shape index (κ3) is 5.56. The zero-order chi connectivity index (χ0) is 35.6. The van der Waals surface area contributed by atoms with Crippen molar-refractivity contribution in [1.29, 1.82) is 0 Å². The summed E-state index contributed by atoms with van der Waals surface area (Å²) in [4.78, 5) is 60.3. The van der Waals surface area contributed by atoms with Gasteiger partial charge in [-0.05, 0) is 70.2 Å². The lowest BCUT2D eigenvalue weighted by Gasteiger charge is -2.39. The van der Waals surface area contributed by atoms with Gasteiger partial charge in [0.25, 0.3) is 11.5 Å². The van der Waals surface area contributed by atoms with E-state index in [9.17, 15) is 23.9 Å². The van der Waals surface area contributed by atoms with E-state index in [4.69, 9.17) is 28.2 Å². The predicted octanol–water partition coefficient (Wildman–Crippen LogP) is 5.14. The fourth-order valence-corrected chi connectivity index (χ4v) is 7.85. The lowest BCUT2D eigenvalue weighted by atomic mass is 9.73. The molecule has 2 N–H and O–H groups in total. The Bertz CT molecular complexity index is 2280. The van der Waals surface area contributed by atoms with Gasteiger partial charge in [0.15, 0.2) is 23.1 Å². The number of hydrogen-bond acceptors (Lipinski definition) is 9. The average Bonchev–Trinajstić information content (AvgIpc) is 3.64. The summed E-state index contributed by atoms with van der Waals surface area (Å²) in [5.41, 5.74) is 2.64. The van der Waals surface area contributed by atoms with Gasteiger partial charge in [0.1, 0.15) is 17.9 Å². The molecule has 5 heterocycles. The molecule has 1 spiro atoms. The Morgan fingerprint density at radius 1 is 1.08 bits per heavy atom. The van der Waals surface area contributed by atoms with Gasteiger partial charge in [-0.3, -0.25) is 19.4 Å². The van der Waals surface area contributed by atoms with E-state index in [0.29, 0.717) is 60.7 Å². The number of nitrogens with zero attached hydrogens (tertiary/aromatic N) is 8. The Kier molecular flexibility index (Phi) is 8.34. The molecule has 0 bridgehead atoms. The van der Waals surface area contributed by atoms with E-state index >= 15 is 0 Å². The number of carbonyl (C=O) groups excluding carboxylic acids is 2. The fourth-order valence-electron chi connectivity index (χ4n) is 7.43. The highest BCUT2D eigenvalue weighted by atomic mass is 35.5. The van der Waals surface area contributed by atoms with Crippen LogP contribution in [0.2, 0.25) is 10.0 Å². The minimum Gasteiger partial charge on any atom is -0.504 e. The molecular formula is C34H32Cl2FN9O4. The summed E-state index contributed by atoms with van der Waals surface area (Å²) < 4.78 is 17.4. The van der Waals surface area contributed by atoms with Crippen LogP contribution in [0.25, 0.3) is 17.2 Å². The Balaban J connectivity index is 1.31. The largest absolute Gasteiger partial charge is 0.504 e. The van der Waals surface area contributed by atoms with Gasteiger partial charge >= 0.3 is 0 Å². The molecule has 2 amide bonds. The smallest absolute Gasteiger partial charge is 0.279 e. The van der Waals surface area contributed by atoms with E-state index in [2.05, 4.69) is 25.4 Å². The SMILES string of the molecule is Cc1cc(-c2nc3n(CC(=O)Nc4ccc(Cl)c(F)c4Cl)c4c(c(=O)n3n2)C2(CCN(C(=O)c3ncnc(C)c3O)CC2)CC4C)cc(C)n1. The lowest BCUT2D eigenvalue weighted by molar-refractivity contribution is -0.116. The number of likely N-dealkylation sites (tertiary alicyclic amines) is 1. The molecule has 16 heteroatoms. The molecule has 7 rings (SSSR count). The molecule has 13 nitrogen and oxygen atoms in total. The van der Waals surface area contributed by atoms with Crippen LogP contribution in [-0.2, 0) is 16.8 Å². The second-order valence-electron chi connectivity index (χ2n) is 13.0. The zero-order valence-electron chi connectivity index (χ0n) is 27.6. The summed E-state index contributed by atoms with van der Waals surface area (Å²) in [7, 11) is 0. The van der Waals surface area contributed by atoms with Crippen LogP contribution in [-0.4, -0.2) is 69.0 Å². The highest BCUT2D eigenvalue weighted by molar-refractivity contribution is 6.37. The van der Waals surface area contributed by atoms with Crippen LogP contribution in [0.4, 0.5) is 10.1 Å². The van der Waals surface area contributed by atoms with Crippen LogP contribution in [0, 0.1) is 26.6 Å². The zero-order valence-corrected chi connectivity index (χ0v) is 29.1. The first-order valence-electron chi connectivity index (χ1n) is 16.0. The second kappa shape index (κ2) is 12.4. The van der Waals surface area contributed by atoms with Crippen molar-refractivity contribution in [2.24, 2.45) is 0 Å². The lowest BCUT2D eigenvalue weighted by Crippen LogP contribution is -2.46. The van der Waals surface area contributed by atoms with Crippen molar-refractivity contribution in [3.63, 3.8) is 0 Å². The van der Waals surface area contributed by atoms with Crippen LogP contribution in [0.1, 0.15) is 70.9 Å². The number of carbonyl (C=O) groups is 2. The molecule has 1 fully saturated rings. The van der Waals surface area contributed by atoms with Gasteiger partial charge in [-0.15, -0.1) is 5.10 Å². The molecular weight excluding hydrogens is 688 g/mol. The number of nitrogens with one attached hydrogen (secondary N) is 1. The number of aromatic hydroxyl groups is 1.